The van der Waals surface area contributed by atoms with Crippen LogP contribution in [0.3, 0.4) is 0 Å². The lowest BCUT2D eigenvalue weighted by atomic mass is 10.0. The van der Waals surface area contributed by atoms with Gasteiger partial charge in [-0.15, -0.1) is 0 Å². The van der Waals surface area contributed by atoms with E-state index in [2.05, 4.69) is 46.5 Å². The van der Waals surface area contributed by atoms with Gasteiger partial charge in [0.15, 0.2) is 0 Å². The zero-order valence-electron chi connectivity index (χ0n) is 41.7. The maximum Gasteiger partial charge on any atom is 0.257 e. The van der Waals surface area contributed by atoms with Crippen molar-refractivity contribution in [3.05, 3.63) is 144 Å². The van der Waals surface area contributed by atoms with Crippen LogP contribution in [0.4, 0.5) is 11.4 Å². The number of allylic oxidation sites excluding steroid dienone is 2. The maximum absolute atomic E-state index is 13.2. The van der Waals surface area contributed by atoms with E-state index in [1.807, 2.05) is 104 Å². The third-order valence-electron chi connectivity index (χ3n) is 11.4. The standard InChI is InChI=1S/C27H31N5O3.C21H22N4O2.C4H4BrClO.C2H7N/c1-31(2)13-6-9-26(33)29-21-10-11-22(24(16-21)35-3)27(34)32-14-12-19(18-32)15-25-28-17-20-7-4-5-8-23(20)30-25;1-27-19-11-16(22)6-7-17(19)21(26)25-9-8-14(13-25)10-20-23-12-15-4-2-3-5-18(15)24-20;5-3-1-2-4(6)7;1-3-2/h4-11,16-17,19H,12-15,18H2,1-3H3,(H,29,33);2-7,11-12,14H,8-10,13,22H2,1H3;1-2H,3H2;3H,1-2H3/b9-6+;;2-1+;/t19-;14-;;/m00../s1. The average Bonchev–Trinajstić information content (AvgIpc) is 4.06. The first kappa shape index (κ1) is 56.1. The molecule has 4 aromatic carbocycles. The summed E-state index contributed by atoms with van der Waals surface area (Å²) in [5, 5.41) is 7.87. The fourth-order valence-corrected chi connectivity index (χ4v) is 8.24. The predicted octanol–water partition coefficient (Wildman–Crippen LogP) is 7.86. The number of nitrogens with zero attached hydrogens (tertiary/aromatic N) is 7. The molecule has 4 heterocycles. The second kappa shape index (κ2) is 28.9. The lowest BCUT2D eigenvalue weighted by molar-refractivity contribution is -0.112. The van der Waals surface area contributed by atoms with Crippen molar-refractivity contribution >= 4 is 83.7 Å². The van der Waals surface area contributed by atoms with Crippen LogP contribution in [0.5, 0.6) is 11.5 Å². The first-order valence-corrected chi connectivity index (χ1v) is 25.0. The zero-order chi connectivity index (χ0) is 52.0. The van der Waals surface area contributed by atoms with Gasteiger partial charge in [0, 0.05) is 104 Å². The first-order valence-electron chi connectivity index (χ1n) is 23.5. The summed E-state index contributed by atoms with van der Waals surface area (Å²) in [6.07, 6.45) is 13.3. The number of carbonyl (C=O) groups excluding carboxylic acids is 4. The van der Waals surface area contributed by atoms with Crippen LogP contribution in [-0.2, 0) is 22.4 Å². The third kappa shape index (κ3) is 17.2. The number of likely N-dealkylation sites (N-methyl/N-ethyl adjacent to an activating group) is 1. The van der Waals surface area contributed by atoms with Crippen LogP contribution >= 0.6 is 27.5 Å². The van der Waals surface area contributed by atoms with E-state index in [0.717, 1.165) is 65.7 Å². The number of benzene rings is 4. The van der Waals surface area contributed by atoms with Gasteiger partial charge in [0.2, 0.25) is 11.1 Å². The number of amides is 3. The number of aromatic nitrogens is 4. The van der Waals surface area contributed by atoms with Crippen molar-refractivity contribution < 1.29 is 28.7 Å². The van der Waals surface area contributed by atoms with Crippen LogP contribution in [0, 0.1) is 11.8 Å². The van der Waals surface area contributed by atoms with Crippen LogP contribution in [0.15, 0.2) is 122 Å². The Balaban J connectivity index is 0.000000230. The van der Waals surface area contributed by atoms with Crippen LogP contribution in [0.25, 0.3) is 21.8 Å². The van der Waals surface area contributed by atoms with Gasteiger partial charge in [-0.2, -0.15) is 0 Å². The van der Waals surface area contributed by atoms with Crippen molar-refractivity contribution in [2.75, 3.05) is 91.5 Å². The highest BCUT2D eigenvalue weighted by Crippen LogP contribution is 2.29. The summed E-state index contributed by atoms with van der Waals surface area (Å²) < 4.78 is 10.8. The number of nitrogen functional groups attached to an aromatic ring is 1. The van der Waals surface area contributed by atoms with Gasteiger partial charge < -0.3 is 40.5 Å². The Morgan fingerprint density at radius 1 is 0.750 bits per heavy atom. The van der Waals surface area contributed by atoms with E-state index in [1.165, 1.54) is 19.3 Å². The molecule has 2 saturated heterocycles. The first-order chi connectivity index (χ1) is 34.7. The summed E-state index contributed by atoms with van der Waals surface area (Å²) in [4.78, 5) is 72.2. The molecule has 380 valence electrons. The van der Waals surface area contributed by atoms with Crippen molar-refractivity contribution in [3.63, 3.8) is 0 Å². The lowest BCUT2D eigenvalue weighted by Gasteiger charge is -2.19. The van der Waals surface area contributed by atoms with Crippen LogP contribution < -0.4 is 25.8 Å². The van der Waals surface area contributed by atoms with E-state index in [-0.39, 0.29) is 17.7 Å². The van der Waals surface area contributed by atoms with Crippen LogP contribution in [0.1, 0.15) is 45.2 Å². The molecule has 6 aromatic rings. The highest BCUT2D eigenvalue weighted by Gasteiger charge is 2.31. The van der Waals surface area contributed by atoms with Crippen LogP contribution in [-0.4, -0.2) is 138 Å². The molecule has 3 amide bonds. The number of halogens is 2. The topological polar surface area (TPSA) is 198 Å². The highest BCUT2D eigenvalue weighted by atomic mass is 79.9. The molecular weight excluding hydrogens is 1000 g/mol. The molecule has 16 nitrogen and oxygen atoms in total. The van der Waals surface area contributed by atoms with E-state index in [4.69, 9.17) is 26.8 Å². The van der Waals surface area contributed by atoms with Gasteiger partial charge in [-0.3, -0.25) is 19.2 Å². The van der Waals surface area contributed by atoms with Gasteiger partial charge >= 0.3 is 0 Å². The molecule has 2 atom stereocenters. The Morgan fingerprint density at radius 2 is 1.25 bits per heavy atom. The molecule has 0 aliphatic carbocycles. The van der Waals surface area contributed by atoms with Gasteiger partial charge in [0.05, 0.1) is 36.4 Å². The van der Waals surface area contributed by atoms with E-state index in [1.54, 1.807) is 55.7 Å². The highest BCUT2D eigenvalue weighted by molar-refractivity contribution is 9.09. The largest absolute Gasteiger partial charge is 0.496 e. The minimum atomic E-state index is -0.431. The lowest BCUT2D eigenvalue weighted by Crippen LogP contribution is -2.29. The summed E-state index contributed by atoms with van der Waals surface area (Å²) >= 11 is 7.99. The van der Waals surface area contributed by atoms with Gasteiger partial charge in [0.1, 0.15) is 23.1 Å². The number of hydrogen-bond acceptors (Lipinski definition) is 13. The number of ether oxygens (including phenoxy) is 2. The molecule has 2 aromatic heterocycles. The van der Waals surface area contributed by atoms with E-state index < -0.39 is 5.24 Å². The molecule has 18 heteroatoms. The summed E-state index contributed by atoms with van der Waals surface area (Å²) in [6, 6.07) is 26.2. The number of hydrogen-bond donors (Lipinski definition) is 3. The number of rotatable bonds is 14. The Bertz CT molecular complexity index is 2830. The van der Waals surface area contributed by atoms with Gasteiger partial charge in [-0.25, -0.2) is 19.9 Å². The quantitative estimate of drug-likeness (QED) is 0.0413. The summed E-state index contributed by atoms with van der Waals surface area (Å²) in [5.74, 6) is 2.92. The molecule has 4 N–H and O–H groups in total. The Kier molecular flexibility index (Phi) is 22.5. The summed E-state index contributed by atoms with van der Waals surface area (Å²) in [7, 11) is 10.7. The number of methoxy groups -OCH3 is 2. The van der Waals surface area contributed by atoms with Crippen LogP contribution in [0.2, 0.25) is 0 Å². The molecule has 0 spiro atoms. The van der Waals surface area contributed by atoms with Gasteiger partial charge in [0.25, 0.3) is 11.8 Å². The summed E-state index contributed by atoms with van der Waals surface area (Å²) in [5.41, 5.74) is 9.87. The second-order valence-corrected chi connectivity index (χ2v) is 18.3. The summed E-state index contributed by atoms with van der Waals surface area (Å²) in [6.45, 7) is 3.42. The number of likely N-dealkylation sites (tertiary alicyclic amines) is 2. The van der Waals surface area contributed by atoms with E-state index in [0.29, 0.717) is 77.3 Å². The Labute approximate surface area is 435 Å². The van der Waals surface area contributed by atoms with Crippen molar-refractivity contribution in [3.8, 4) is 11.5 Å². The molecule has 8 rings (SSSR count). The van der Waals surface area contributed by atoms with Crippen molar-refractivity contribution in [1.29, 1.82) is 0 Å². The molecule has 0 unspecified atom stereocenters. The Hall–Kier alpha value is -6.79. The monoisotopic (exact) mass is 1060 g/mol. The van der Waals surface area contributed by atoms with Crippen molar-refractivity contribution in [2.24, 2.45) is 11.8 Å². The maximum atomic E-state index is 13.2. The number of nitrogens with two attached hydrogens (primary N) is 1. The molecular formula is C54H64BrClN10O6. The third-order valence-corrected chi connectivity index (χ3v) is 11.9. The van der Waals surface area contributed by atoms with E-state index >= 15 is 0 Å². The molecule has 2 aliphatic heterocycles. The number of para-hydroxylation sites is 2. The number of carbonyl (C=O) groups is 4. The average molecular weight is 1060 g/mol. The molecule has 72 heavy (non-hydrogen) atoms. The number of fused-ring (bicyclic) bond motifs is 2. The number of anilines is 2. The molecule has 2 fully saturated rings. The van der Waals surface area contributed by atoms with E-state index in [9.17, 15) is 19.2 Å². The molecule has 0 bridgehead atoms. The molecule has 2 aliphatic rings. The zero-order valence-corrected chi connectivity index (χ0v) is 44.0. The number of nitrogens with one attached hydrogen (secondary N) is 2. The smallest absolute Gasteiger partial charge is 0.257 e. The SMILES string of the molecule is CNC.COc1cc(N)ccc1C(=O)N1CC[C@@H](Cc2ncc3ccccc3n2)C1.COc1cc(NC(=O)/C=C/CN(C)C)ccc1C(=O)N1CC[C@@H](Cc2ncc3ccccc3n2)C1.O=C(Cl)/C=C/CBr. The van der Waals surface area contributed by atoms with Gasteiger partial charge in [-0.1, -0.05) is 64.5 Å². The molecule has 0 radical (unpaired) electrons. The van der Waals surface area contributed by atoms with Crippen molar-refractivity contribution in [2.45, 2.75) is 25.7 Å². The fraction of sp³-hybridized carbons (Fsp3) is 0.333. The Morgan fingerprint density at radius 3 is 1.72 bits per heavy atom. The second-order valence-electron chi connectivity index (χ2n) is 17.3. The van der Waals surface area contributed by atoms with Gasteiger partial charge in [-0.05, 0) is 107 Å². The minimum Gasteiger partial charge on any atom is -0.496 e. The van der Waals surface area contributed by atoms with Crippen molar-refractivity contribution in [1.82, 2.24) is 40.0 Å². The fourth-order valence-electron chi connectivity index (χ4n) is 7.96. The minimum absolute atomic E-state index is 0.0196. The number of alkyl halides is 1. The normalized spacial score (nSPS) is 15.1. The predicted molar refractivity (Wildman–Crippen MR) is 290 cm³/mol. The molecule has 0 saturated carbocycles.